The summed E-state index contributed by atoms with van der Waals surface area (Å²) in [6.07, 6.45) is 0. The highest BCUT2D eigenvalue weighted by molar-refractivity contribution is 7.91. The molecule has 0 heterocycles. The van der Waals surface area contributed by atoms with Crippen molar-refractivity contribution < 1.29 is 18.6 Å². The summed E-state index contributed by atoms with van der Waals surface area (Å²) in [6, 6.07) is 6.07. The summed E-state index contributed by atoms with van der Waals surface area (Å²) in [6.45, 7) is 6.69. The fourth-order valence-electron chi connectivity index (χ4n) is 2.33. The van der Waals surface area contributed by atoms with Gasteiger partial charge in [0.15, 0.2) is 0 Å². The van der Waals surface area contributed by atoms with E-state index in [0.29, 0.717) is 11.1 Å². The molecule has 0 aliphatic heterocycles. The van der Waals surface area contributed by atoms with Crippen LogP contribution in [0.5, 0.6) is 11.5 Å². The van der Waals surface area contributed by atoms with E-state index in [4.69, 9.17) is 0 Å². The molecule has 0 atom stereocenters. The normalized spacial score (nSPS) is 11.6. The monoisotopic (exact) mass is 306 g/mol. The van der Waals surface area contributed by atoms with Gasteiger partial charge in [-0.3, -0.25) is 0 Å². The van der Waals surface area contributed by atoms with Crippen molar-refractivity contribution in [1.29, 1.82) is 0 Å². The van der Waals surface area contributed by atoms with E-state index < -0.39 is 9.84 Å². The van der Waals surface area contributed by atoms with Gasteiger partial charge in [-0.1, -0.05) is 12.1 Å². The average molecular weight is 306 g/mol. The number of aromatic hydroxyl groups is 2. The number of hydrogen-bond acceptors (Lipinski definition) is 4. The zero-order valence-corrected chi connectivity index (χ0v) is 13.2. The Labute approximate surface area is 124 Å². The van der Waals surface area contributed by atoms with Crippen molar-refractivity contribution in [2.24, 2.45) is 0 Å². The fraction of sp³-hybridized carbons (Fsp3) is 0.250. The Morgan fingerprint density at radius 3 is 2.00 bits per heavy atom. The quantitative estimate of drug-likeness (QED) is 0.893. The zero-order valence-electron chi connectivity index (χ0n) is 12.4. The van der Waals surface area contributed by atoms with Crippen molar-refractivity contribution in [3.63, 3.8) is 0 Å². The van der Waals surface area contributed by atoms with E-state index in [1.165, 1.54) is 12.1 Å². The van der Waals surface area contributed by atoms with Crippen LogP contribution in [0.1, 0.15) is 22.3 Å². The Bertz CT molecular complexity index is 821. The second-order valence-corrected chi connectivity index (χ2v) is 7.07. The highest BCUT2D eigenvalue weighted by Crippen LogP contribution is 2.37. The Hall–Kier alpha value is -2.01. The van der Waals surface area contributed by atoms with Crippen molar-refractivity contribution >= 4 is 9.84 Å². The molecule has 0 bridgehead atoms. The van der Waals surface area contributed by atoms with Crippen LogP contribution in [0.25, 0.3) is 0 Å². The molecule has 2 aromatic carbocycles. The van der Waals surface area contributed by atoms with Crippen molar-refractivity contribution in [3.05, 3.63) is 46.5 Å². The van der Waals surface area contributed by atoms with E-state index in [0.717, 1.165) is 5.56 Å². The Morgan fingerprint density at radius 2 is 1.38 bits per heavy atom. The Morgan fingerprint density at radius 1 is 0.810 bits per heavy atom. The maximum Gasteiger partial charge on any atom is 0.210 e. The van der Waals surface area contributed by atoms with Crippen LogP contribution in [0, 0.1) is 27.7 Å². The number of phenols is 2. The SMILES string of the molecule is Cc1ccc(S(=O)(=O)c2c(C)ccc(O)c2C)c(O)c1C. The number of benzene rings is 2. The van der Waals surface area contributed by atoms with Crippen LogP contribution in [0.3, 0.4) is 0 Å². The van der Waals surface area contributed by atoms with Gasteiger partial charge in [0, 0.05) is 5.56 Å². The molecule has 5 heteroatoms. The molecule has 0 saturated heterocycles. The molecule has 4 nitrogen and oxygen atoms in total. The number of rotatable bonds is 2. The first kappa shape index (κ1) is 15.4. The van der Waals surface area contributed by atoms with Crippen LogP contribution in [0.4, 0.5) is 0 Å². The van der Waals surface area contributed by atoms with Gasteiger partial charge in [0.1, 0.15) is 16.4 Å². The van der Waals surface area contributed by atoms with Gasteiger partial charge < -0.3 is 10.2 Å². The van der Waals surface area contributed by atoms with Gasteiger partial charge in [0.25, 0.3) is 0 Å². The van der Waals surface area contributed by atoms with Crippen LogP contribution in [-0.2, 0) is 9.84 Å². The molecule has 0 aromatic heterocycles. The summed E-state index contributed by atoms with van der Waals surface area (Å²) in [5, 5.41) is 20.0. The average Bonchev–Trinajstić information content (AvgIpc) is 2.40. The number of sulfone groups is 1. The molecule has 0 amide bonds. The lowest BCUT2D eigenvalue weighted by Gasteiger charge is -2.15. The van der Waals surface area contributed by atoms with Gasteiger partial charge in [0.2, 0.25) is 9.84 Å². The first-order valence-electron chi connectivity index (χ1n) is 6.51. The van der Waals surface area contributed by atoms with Crippen molar-refractivity contribution in [1.82, 2.24) is 0 Å². The number of hydrogen-bond donors (Lipinski definition) is 2. The third-order valence-corrected chi connectivity index (χ3v) is 5.87. The van der Waals surface area contributed by atoms with Crippen LogP contribution < -0.4 is 0 Å². The summed E-state index contributed by atoms with van der Waals surface area (Å²) >= 11 is 0. The molecule has 0 aliphatic rings. The summed E-state index contributed by atoms with van der Waals surface area (Å²) in [5.74, 6) is -0.320. The van der Waals surface area contributed by atoms with Crippen LogP contribution in [0.2, 0.25) is 0 Å². The van der Waals surface area contributed by atoms with Gasteiger partial charge in [-0.25, -0.2) is 8.42 Å². The fourth-order valence-corrected chi connectivity index (χ4v) is 4.21. The molecular formula is C16H18O4S. The molecule has 0 aliphatic carbocycles. The Balaban J connectivity index is 2.81. The predicted octanol–water partition coefficient (Wildman–Crippen LogP) is 3.16. The highest BCUT2D eigenvalue weighted by atomic mass is 32.2. The second-order valence-electron chi connectivity index (χ2n) is 5.21. The molecule has 0 unspecified atom stereocenters. The summed E-state index contributed by atoms with van der Waals surface area (Å²) in [7, 11) is -3.90. The van der Waals surface area contributed by atoms with Gasteiger partial charge in [0.05, 0.1) is 4.90 Å². The maximum atomic E-state index is 12.8. The van der Waals surface area contributed by atoms with Crippen molar-refractivity contribution in [2.75, 3.05) is 0 Å². The number of aryl methyl sites for hydroxylation is 2. The summed E-state index contributed by atoms with van der Waals surface area (Å²) in [4.78, 5) is -0.0940. The summed E-state index contributed by atoms with van der Waals surface area (Å²) < 4.78 is 25.7. The van der Waals surface area contributed by atoms with Gasteiger partial charge in [-0.05, 0) is 56.5 Å². The minimum absolute atomic E-state index is 0.0426. The minimum atomic E-state index is -3.90. The van der Waals surface area contributed by atoms with E-state index in [1.54, 1.807) is 39.8 Å². The van der Waals surface area contributed by atoms with Gasteiger partial charge >= 0.3 is 0 Å². The van der Waals surface area contributed by atoms with E-state index in [2.05, 4.69) is 0 Å². The second kappa shape index (κ2) is 5.07. The first-order chi connectivity index (χ1) is 9.67. The number of phenolic OH excluding ortho intramolecular Hbond substituents is 2. The maximum absolute atomic E-state index is 12.8. The molecule has 2 aromatic rings. The van der Waals surface area contributed by atoms with Crippen molar-refractivity contribution in [2.45, 2.75) is 37.5 Å². The lowest BCUT2D eigenvalue weighted by Crippen LogP contribution is -2.07. The standard InChI is InChI=1S/C16H18O4S/c1-9-6-8-14(15(18)11(9)3)21(19,20)16-10(2)5-7-13(17)12(16)4/h5-8,17-18H,1-4H3. The molecule has 0 radical (unpaired) electrons. The van der Waals surface area contributed by atoms with Gasteiger partial charge in [-0.15, -0.1) is 0 Å². The molecule has 0 saturated carbocycles. The third-order valence-electron chi connectivity index (χ3n) is 3.80. The highest BCUT2D eigenvalue weighted by Gasteiger charge is 2.27. The zero-order chi connectivity index (χ0) is 15.9. The first-order valence-corrected chi connectivity index (χ1v) is 7.99. The van der Waals surface area contributed by atoms with E-state index in [1.807, 2.05) is 0 Å². The molecule has 0 fully saturated rings. The molecule has 2 N–H and O–H groups in total. The largest absolute Gasteiger partial charge is 0.508 e. The molecular weight excluding hydrogens is 288 g/mol. The van der Waals surface area contributed by atoms with E-state index in [9.17, 15) is 18.6 Å². The van der Waals surface area contributed by atoms with E-state index >= 15 is 0 Å². The molecule has 0 spiro atoms. The lowest BCUT2D eigenvalue weighted by molar-refractivity contribution is 0.453. The smallest absolute Gasteiger partial charge is 0.210 e. The van der Waals surface area contributed by atoms with Crippen LogP contribution in [0.15, 0.2) is 34.1 Å². The van der Waals surface area contributed by atoms with Crippen LogP contribution >= 0.6 is 0 Å². The Kier molecular flexibility index (Phi) is 3.72. The van der Waals surface area contributed by atoms with E-state index in [-0.39, 0.29) is 26.9 Å². The third kappa shape index (κ3) is 2.38. The molecule has 2 rings (SSSR count). The van der Waals surface area contributed by atoms with Crippen molar-refractivity contribution in [3.8, 4) is 11.5 Å². The lowest BCUT2D eigenvalue weighted by atomic mass is 10.1. The molecule has 21 heavy (non-hydrogen) atoms. The topological polar surface area (TPSA) is 74.6 Å². The minimum Gasteiger partial charge on any atom is -0.508 e. The summed E-state index contributed by atoms with van der Waals surface area (Å²) in [5.41, 5.74) is 2.16. The van der Waals surface area contributed by atoms with Crippen LogP contribution in [-0.4, -0.2) is 18.6 Å². The molecule has 112 valence electrons. The van der Waals surface area contributed by atoms with Gasteiger partial charge in [-0.2, -0.15) is 0 Å². The predicted molar refractivity (Wildman–Crippen MR) is 80.6 cm³/mol.